The van der Waals surface area contributed by atoms with E-state index in [4.69, 9.17) is 14.3 Å². The van der Waals surface area contributed by atoms with Crippen LogP contribution in [0.1, 0.15) is 29.9 Å². The first-order valence-electron chi connectivity index (χ1n) is 9.90. The van der Waals surface area contributed by atoms with Crippen LogP contribution in [0, 0.1) is 0 Å². The van der Waals surface area contributed by atoms with Crippen LogP contribution in [0.4, 0.5) is 5.82 Å². The van der Waals surface area contributed by atoms with E-state index in [1.807, 2.05) is 30.3 Å². The van der Waals surface area contributed by atoms with E-state index in [2.05, 4.69) is 31.0 Å². The molecule has 2 aromatic heterocycles. The summed E-state index contributed by atoms with van der Waals surface area (Å²) in [5, 5.41) is 18.5. The lowest BCUT2D eigenvalue weighted by atomic mass is 10.1. The van der Waals surface area contributed by atoms with Gasteiger partial charge in [0.2, 0.25) is 11.7 Å². The SMILES string of the molecule is COC(CCC(=O)Nc1cccc(CON=C(c2ccccc2)c2nnnn2C)n1)OC. The van der Waals surface area contributed by atoms with Crippen LogP contribution >= 0.6 is 0 Å². The second kappa shape index (κ2) is 11.6. The Kier molecular flexibility index (Phi) is 8.35. The number of carbonyl (C=O) groups is 1. The van der Waals surface area contributed by atoms with Gasteiger partial charge in [0.25, 0.3) is 0 Å². The summed E-state index contributed by atoms with van der Waals surface area (Å²) in [5.74, 6) is 0.705. The Morgan fingerprint density at radius 2 is 1.91 bits per heavy atom. The topological polar surface area (TPSA) is 126 Å². The van der Waals surface area contributed by atoms with E-state index in [-0.39, 0.29) is 18.9 Å². The zero-order valence-corrected chi connectivity index (χ0v) is 18.1. The van der Waals surface area contributed by atoms with E-state index >= 15 is 0 Å². The smallest absolute Gasteiger partial charge is 0.225 e. The Bertz CT molecular complexity index is 1040. The monoisotopic (exact) mass is 439 g/mol. The van der Waals surface area contributed by atoms with Gasteiger partial charge in [0.15, 0.2) is 18.6 Å². The Hall–Kier alpha value is -3.70. The largest absolute Gasteiger partial charge is 0.389 e. The maximum Gasteiger partial charge on any atom is 0.225 e. The van der Waals surface area contributed by atoms with E-state index in [1.54, 1.807) is 25.2 Å². The predicted molar refractivity (Wildman–Crippen MR) is 116 cm³/mol. The molecule has 32 heavy (non-hydrogen) atoms. The number of ether oxygens (including phenoxy) is 2. The first-order valence-corrected chi connectivity index (χ1v) is 9.90. The Balaban J connectivity index is 1.64. The molecule has 0 saturated carbocycles. The molecule has 1 amide bonds. The van der Waals surface area contributed by atoms with E-state index in [0.717, 1.165) is 5.56 Å². The van der Waals surface area contributed by atoms with E-state index < -0.39 is 6.29 Å². The van der Waals surface area contributed by atoms with E-state index in [0.29, 0.717) is 29.5 Å². The van der Waals surface area contributed by atoms with Gasteiger partial charge in [0, 0.05) is 39.7 Å². The molecule has 0 spiro atoms. The highest BCUT2D eigenvalue weighted by Crippen LogP contribution is 2.11. The number of hydrogen-bond acceptors (Lipinski definition) is 9. The summed E-state index contributed by atoms with van der Waals surface area (Å²) in [6, 6.07) is 14.7. The molecule has 168 valence electrons. The molecule has 2 heterocycles. The van der Waals surface area contributed by atoms with Gasteiger partial charge in [0.05, 0.1) is 5.69 Å². The molecule has 0 aliphatic rings. The number of oxime groups is 1. The Morgan fingerprint density at radius 1 is 1.12 bits per heavy atom. The molecule has 1 N–H and O–H groups in total. The lowest BCUT2D eigenvalue weighted by Gasteiger charge is -2.12. The number of pyridine rings is 1. The van der Waals surface area contributed by atoms with Gasteiger partial charge in [-0.1, -0.05) is 41.6 Å². The van der Waals surface area contributed by atoms with Crippen molar-refractivity contribution in [3.8, 4) is 0 Å². The van der Waals surface area contributed by atoms with Crippen molar-refractivity contribution in [3.63, 3.8) is 0 Å². The minimum atomic E-state index is -0.422. The van der Waals surface area contributed by atoms with Gasteiger partial charge in [-0.2, -0.15) is 0 Å². The summed E-state index contributed by atoms with van der Waals surface area (Å²) in [4.78, 5) is 22.1. The summed E-state index contributed by atoms with van der Waals surface area (Å²) in [5.41, 5.74) is 1.90. The fourth-order valence-corrected chi connectivity index (χ4v) is 2.83. The maximum absolute atomic E-state index is 12.1. The standard InChI is InChI=1S/C21H25N7O4/c1-28-21(24-26-27-28)20(15-8-5-4-6-9-15)25-32-14-16-10-7-11-17(22-16)23-18(29)12-13-19(30-2)31-3/h4-11,19H,12-14H2,1-3H3,(H,22,23,29). The summed E-state index contributed by atoms with van der Waals surface area (Å²) in [6.07, 6.45) is 0.259. The molecular weight excluding hydrogens is 414 g/mol. The third-order valence-corrected chi connectivity index (χ3v) is 4.45. The van der Waals surface area contributed by atoms with Gasteiger partial charge in [-0.25, -0.2) is 9.67 Å². The highest BCUT2D eigenvalue weighted by Gasteiger charge is 2.15. The van der Waals surface area contributed by atoms with Crippen LogP contribution in [0.25, 0.3) is 0 Å². The third kappa shape index (κ3) is 6.40. The number of tetrazole rings is 1. The molecule has 0 unspecified atom stereocenters. The van der Waals surface area contributed by atoms with Crippen molar-refractivity contribution in [1.82, 2.24) is 25.2 Å². The molecule has 0 bridgehead atoms. The van der Waals surface area contributed by atoms with Gasteiger partial charge in [-0.05, 0) is 22.6 Å². The molecule has 0 atom stereocenters. The van der Waals surface area contributed by atoms with Crippen molar-refractivity contribution < 1.29 is 19.1 Å². The van der Waals surface area contributed by atoms with E-state index in [1.165, 1.54) is 18.9 Å². The molecule has 0 aliphatic heterocycles. The van der Waals surface area contributed by atoms with Crippen molar-refractivity contribution in [1.29, 1.82) is 0 Å². The molecule has 0 saturated heterocycles. The minimum Gasteiger partial charge on any atom is -0.389 e. The minimum absolute atomic E-state index is 0.0980. The second-order valence-electron chi connectivity index (χ2n) is 6.71. The zero-order chi connectivity index (χ0) is 22.8. The van der Waals surface area contributed by atoms with Crippen molar-refractivity contribution in [2.75, 3.05) is 19.5 Å². The third-order valence-electron chi connectivity index (χ3n) is 4.45. The van der Waals surface area contributed by atoms with Gasteiger partial charge in [-0.3, -0.25) is 4.79 Å². The van der Waals surface area contributed by atoms with Gasteiger partial charge in [-0.15, -0.1) is 5.10 Å². The molecule has 1 aromatic carbocycles. The lowest BCUT2D eigenvalue weighted by Crippen LogP contribution is -2.19. The highest BCUT2D eigenvalue weighted by molar-refractivity contribution is 6.10. The number of benzene rings is 1. The molecule has 11 heteroatoms. The first kappa shape index (κ1) is 23.0. The number of carbonyl (C=O) groups excluding carboxylic acids is 1. The number of nitrogens with one attached hydrogen (secondary N) is 1. The number of aryl methyl sites for hydroxylation is 1. The summed E-state index contributed by atoms with van der Waals surface area (Å²) < 4.78 is 11.7. The van der Waals surface area contributed by atoms with Crippen LogP contribution in [0.15, 0.2) is 53.7 Å². The van der Waals surface area contributed by atoms with Crippen LogP contribution in [0.5, 0.6) is 0 Å². The molecule has 0 fully saturated rings. The van der Waals surface area contributed by atoms with Crippen LogP contribution in [-0.2, 0) is 32.8 Å². The average Bonchev–Trinajstić information content (AvgIpc) is 3.23. The summed E-state index contributed by atoms with van der Waals surface area (Å²) in [6.45, 7) is 0.0980. The van der Waals surface area contributed by atoms with Crippen molar-refractivity contribution in [3.05, 3.63) is 65.6 Å². The highest BCUT2D eigenvalue weighted by atomic mass is 16.7. The number of aromatic nitrogens is 5. The quantitative estimate of drug-likeness (QED) is 0.273. The molecule has 0 radical (unpaired) electrons. The number of rotatable bonds is 11. The van der Waals surface area contributed by atoms with Crippen molar-refractivity contribution in [2.45, 2.75) is 25.7 Å². The number of nitrogens with zero attached hydrogens (tertiary/aromatic N) is 6. The number of anilines is 1. The molecule has 3 rings (SSSR count). The van der Waals surface area contributed by atoms with Crippen LogP contribution in [-0.4, -0.2) is 57.3 Å². The number of hydrogen-bond donors (Lipinski definition) is 1. The van der Waals surface area contributed by atoms with Crippen LogP contribution < -0.4 is 5.32 Å². The normalized spacial score (nSPS) is 11.6. The first-order chi connectivity index (χ1) is 15.6. The number of amides is 1. The van der Waals surface area contributed by atoms with Gasteiger partial charge < -0.3 is 19.6 Å². The zero-order valence-electron chi connectivity index (χ0n) is 18.1. The summed E-state index contributed by atoms with van der Waals surface area (Å²) in [7, 11) is 4.79. The van der Waals surface area contributed by atoms with Gasteiger partial charge >= 0.3 is 0 Å². The predicted octanol–water partition coefficient (Wildman–Crippen LogP) is 1.91. The Morgan fingerprint density at radius 3 is 2.59 bits per heavy atom. The van der Waals surface area contributed by atoms with Crippen LogP contribution in [0.2, 0.25) is 0 Å². The van der Waals surface area contributed by atoms with Gasteiger partial charge in [0.1, 0.15) is 5.82 Å². The Labute approximate surface area is 185 Å². The fourth-order valence-electron chi connectivity index (χ4n) is 2.83. The molecule has 11 nitrogen and oxygen atoms in total. The van der Waals surface area contributed by atoms with E-state index in [9.17, 15) is 4.79 Å². The summed E-state index contributed by atoms with van der Waals surface area (Å²) >= 11 is 0. The fraction of sp³-hybridized carbons (Fsp3) is 0.333. The molecule has 0 aliphatic carbocycles. The van der Waals surface area contributed by atoms with Crippen molar-refractivity contribution >= 4 is 17.4 Å². The lowest BCUT2D eigenvalue weighted by molar-refractivity contribution is -0.124. The molecular formula is C21H25N7O4. The average molecular weight is 439 g/mol. The van der Waals surface area contributed by atoms with Crippen molar-refractivity contribution in [2.24, 2.45) is 12.2 Å². The molecule has 3 aromatic rings. The maximum atomic E-state index is 12.1. The number of methoxy groups -OCH3 is 2. The van der Waals surface area contributed by atoms with Crippen LogP contribution in [0.3, 0.4) is 0 Å². The second-order valence-corrected chi connectivity index (χ2v) is 6.71.